The van der Waals surface area contributed by atoms with Gasteiger partial charge in [-0.15, -0.1) is 0 Å². The Hall–Kier alpha value is -0.320. The molecule has 1 saturated heterocycles. The Morgan fingerprint density at radius 2 is 1.84 bits per heavy atom. The highest BCUT2D eigenvalue weighted by molar-refractivity contribution is 5.41. The van der Waals surface area contributed by atoms with Crippen molar-refractivity contribution in [2.75, 3.05) is 41.0 Å². The fourth-order valence-electron chi connectivity index (χ4n) is 10.7. The molecule has 6 aliphatic rings. The van der Waals surface area contributed by atoms with Crippen LogP contribution in [0.5, 0.6) is 0 Å². The van der Waals surface area contributed by atoms with E-state index in [0.29, 0.717) is 26.0 Å². The van der Waals surface area contributed by atoms with Crippen molar-refractivity contribution < 1.29 is 34.6 Å². The van der Waals surface area contributed by atoms with Crippen LogP contribution >= 0.6 is 0 Å². The monoisotopic (exact) mass is 453 g/mol. The van der Waals surface area contributed by atoms with E-state index in [-0.39, 0.29) is 35.7 Å². The van der Waals surface area contributed by atoms with Crippen LogP contribution in [-0.2, 0) is 14.2 Å². The largest absolute Gasteiger partial charge is 0.392 e. The van der Waals surface area contributed by atoms with Crippen LogP contribution in [0.1, 0.15) is 32.6 Å². The maximum Gasteiger partial charge on any atom is 0.136 e. The third-order valence-corrected chi connectivity index (χ3v) is 11.2. The van der Waals surface area contributed by atoms with E-state index >= 15 is 0 Å². The van der Waals surface area contributed by atoms with Gasteiger partial charge in [0.15, 0.2) is 0 Å². The lowest BCUT2D eigenvalue weighted by Crippen LogP contribution is -2.81. The highest BCUT2D eigenvalue weighted by Crippen LogP contribution is 2.80. The lowest BCUT2D eigenvalue weighted by atomic mass is 9.42. The molecule has 0 aromatic rings. The number of aliphatic hydroxyl groups excluding tert-OH is 2. The van der Waals surface area contributed by atoms with Gasteiger partial charge in [0.25, 0.3) is 0 Å². The van der Waals surface area contributed by atoms with E-state index in [1.807, 2.05) is 0 Å². The van der Waals surface area contributed by atoms with Crippen molar-refractivity contribution in [3.63, 3.8) is 0 Å². The highest BCUT2D eigenvalue weighted by Gasteiger charge is 2.91. The van der Waals surface area contributed by atoms with Gasteiger partial charge in [-0.3, -0.25) is 4.90 Å². The summed E-state index contributed by atoms with van der Waals surface area (Å²) in [6.45, 7) is 4.05. The molecule has 8 heteroatoms. The van der Waals surface area contributed by atoms with E-state index in [1.165, 1.54) is 0 Å². The molecule has 8 nitrogen and oxygen atoms in total. The van der Waals surface area contributed by atoms with Gasteiger partial charge < -0.3 is 34.6 Å². The smallest absolute Gasteiger partial charge is 0.136 e. The molecule has 1 heterocycles. The number of aliphatic hydroxyl groups is 4. The van der Waals surface area contributed by atoms with E-state index < -0.39 is 46.9 Å². The summed E-state index contributed by atoms with van der Waals surface area (Å²) in [4.78, 5) is 2.28. The molecule has 0 radical (unpaired) electrons. The van der Waals surface area contributed by atoms with Crippen LogP contribution < -0.4 is 0 Å². The maximum absolute atomic E-state index is 12.8. The summed E-state index contributed by atoms with van der Waals surface area (Å²) in [6.07, 6.45) is -0.0296. The van der Waals surface area contributed by atoms with Gasteiger partial charge >= 0.3 is 0 Å². The van der Waals surface area contributed by atoms with Crippen LogP contribution in [0.2, 0.25) is 0 Å². The third-order valence-electron chi connectivity index (χ3n) is 11.2. The van der Waals surface area contributed by atoms with Gasteiger partial charge in [0.2, 0.25) is 0 Å². The Kier molecular flexibility index (Phi) is 4.62. The molecule has 4 N–H and O–H groups in total. The summed E-state index contributed by atoms with van der Waals surface area (Å²) in [5.41, 5.74) is -4.15. The van der Waals surface area contributed by atoms with Crippen molar-refractivity contribution in [3.8, 4) is 0 Å². The number of likely N-dealkylation sites (N-methyl/N-ethyl adjacent to an activating group) is 1. The molecule has 0 aromatic carbocycles. The first kappa shape index (κ1) is 22.2. The van der Waals surface area contributed by atoms with E-state index in [0.717, 1.165) is 13.0 Å². The van der Waals surface area contributed by atoms with Crippen LogP contribution in [0.4, 0.5) is 0 Å². The summed E-state index contributed by atoms with van der Waals surface area (Å²) in [6, 6.07) is -0.442. The minimum Gasteiger partial charge on any atom is -0.392 e. The van der Waals surface area contributed by atoms with E-state index in [9.17, 15) is 20.4 Å². The molecular weight excluding hydrogens is 414 g/mol. The maximum atomic E-state index is 12.8. The second-order valence-electron chi connectivity index (χ2n) is 11.7. The lowest BCUT2D eigenvalue weighted by Gasteiger charge is -2.69. The number of fused-ring (bicyclic) bond motifs is 2. The second-order valence-corrected chi connectivity index (χ2v) is 11.7. The first-order chi connectivity index (χ1) is 15.2. The number of ether oxygens (including phenoxy) is 3. The highest BCUT2D eigenvalue weighted by atomic mass is 16.5. The Labute approximate surface area is 189 Å². The molecule has 6 fully saturated rings. The normalized spacial score (nSPS) is 62.4. The molecule has 5 unspecified atom stereocenters. The zero-order valence-electron chi connectivity index (χ0n) is 19.6. The molecule has 182 valence electrons. The first-order valence-corrected chi connectivity index (χ1v) is 12.3. The summed E-state index contributed by atoms with van der Waals surface area (Å²) >= 11 is 0. The molecule has 1 aliphatic heterocycles. The fraction of sp³-hybridized carbons (Fsp3) is 1.00. The molecule has 5 aliphatic carbocycles. The van der Waals surface area contributed by atoms with Crippen molar-refractivity contribution in [1.29, 1.82) is 0 Å². The SMILES string of the molecule is CCN1C[C@]2(COC)CC[C@H](O)[C@@]34C5C[C@H]6C(O)C5[C@](O)(C[C@@H]6OC)[C@@](O)(C(OC)C23)[C@@H]14. The molecule has 6 rings (SSSR count). The van der Waals surface area contributed by atoms with E-state index in [4.69, 9.17) is 14.2 Å². The van der Waals surface area contributed by atoms with Gasteiger partial charge in [-0.25, -0.2) is 0 Å². The lowest BCUT2D eigenvalue weighted by molar-refractivity contribution is -0.317. The van der Waals surface area contributed by atoms with Crippen LogP contribution in [-0.4, -0.2) is 108 Å². The Bertz CT molecular complexity index is 798. The second kappa shape index (κ2) is 6.66. The molecule has 13 atom stereocenters. The topological polar surface area (TPSA) is 112 Å². The van der Waals surface area contributed by atoms with Crippen LogP contribution in [0, 0.1) is 34.5 Å². The van der Waals surface area contributed by atoms with Crippen molar-refractivity contribution in [2.45, 2.75) is 74.3 Å². The van der Waals surface area contributed by atoms with E-state index in [1.54, 1.807) is 21.3 Å². The number of methoxy groups -OCH3 is 3. The Balaban J connectivity index is 1.67. The standard InChI is InChI=1S/C24H39NO7/c1-5-25-10-21(11-30-2)7-6-15(26)23-13-8-12-14(31-3)9-22(28,16(13)17(12)27)24(29,20(23)25)19(32-4)18(21)23/h12-20,26-29H,5-11H2,1-4H3/t12-,13?,14+,15+,16?,17?,18?,19?,20+,21+,22-,23+,24-/m1/s1. The number of hydrogen-bond donors (Lipinski definition) is 4. The van der Waals surface area contributed by atoms with Crippen LogP contribution in [0.3, 0.4) is 0 Å². The summed E-state index contributed by atoms with van der Waals surface area (Å²) in [5, 5.41) is 48.5. The van der Waals surface area contributed by atoms with Gasteiger partial charge in [0, 0.05) is 62.9 Å². The van der Waals surface area contributed by atoms with E-state index in [2.05, 4.69) is 11.8 Å². The fourth-order valence-corrected chi connectivity index (χ4v) is 10.7. The zero-order chi connectivity index (χ0) is 22.8. The number of piperidine rings is 1. The predicted octanol–water partition coefficient (Wildman–Crippen LogP) is -0.383. The molecule has 0 aromatic heterocycles. The quantitative estimate of drug-likeness (QED) is 0.446. The average Bonchev–Trinajstić information content (AvgIpc) is 3.14. The molecular formula is C24H39NO7. The summed E-state index contributed by atoms with van der Waals surface area (Å²) in [7, 11) is 4.95. The molecule has 7 bridgehead atoms. The van der Waals surface area contributed by atoms with Crippen molar-refractivity contribution in [2.24, 2.45) is 34.5 Å². The number of hydrogen-bond acceptors (Lipinski definition) is 8. The van der Waals surface area contributed by atoms with Gasteiger partial charge in [-0.2, -0.15) is 0 Å². The minimum absolute atomic E-state index is 0.102. The van der Waals surface area contributed by atoms with Crippen molar-refractivity contribution in [1.82, 2.24) is 4.90 Å². The number of nitrogens with zero attached hydrogens (tertiary/aromatic N) is 1. The van der Waals surface area contributed by atoms with Gasteiger partial charge in [0.1, 0.15) is 11.2 Å². The predicted molar refractivity (Wildman–Crippen MR) is 114 cm³/mol. The van der Waals surface area contributed by atoms with Gasteiger partial charge in [-0.1, -0.05) is 6.92 Å². The van der Waals surface area contributed by atoms with Crippen LogP contribution in [0.25, 0.3) is 0 Å². The third kappa shape index (κ3) is 1.99. The molecule has 1 spiro atoms. The number of likely N-dealkylation sites (tertiary alicyclic amines) is 1. The summed E-state index contributed by atoms with van der Waals surface area (Å²) < 4.78 is 17.7. The van der Waals surface area contributed by atoms with Crippen molar-refractivity contribution >= 4 is 0 Å². The van der Waals surface area contributed by atoms with Gasteiger partial charge in [0.05, 0.1) is 37.1 Å². The minimum atomic E-state index is -1.63. The number of rotatable bonds is 5. The average molecular weight is 454 g/mol. The zero-order valence-corrected chi connectivity index (χ0v) is 19.6. The van der Waals surface area contributed by atoms with Crippen molar-refractivity contribution in [3.05, 3.63) is 0 Å². The molecule has 32 heavy (non-hydrogen) atoms. The summed E-state index contributed by atoms with van der Waals surface area (Å²) in [5.74, 6) is -0.889. The van der Waals surface area contributed by atoms with Crippen LogP contribution in [0.15, 0.2) is 0 Å². The first-order valence-electron chi connectivity index (χ1n) is 12.3. The molecule has 0 amide bonds. The van der Waals surface area contributed by atoms with Gasteiger partial charge in [-0.05, 0) is 31.7 Å². The molecule has 5 saturated carbocycles. The Morgan fingerprint density at radius 3 is 2.47 bits per heavy atom. The Morgan fingerprint density at radius 1 is 1.09 bits per heavy atom.